The fraction of sp³-hybridized carbons (Fsp3) is 0.500. The van der Waals surface area contributed by atoms with Gasteiger partial charge in [0.1, 0.15) is 23.8 Å². The number of ether oxygens (including phenoxy) is 2. The summed E-state index contributed by atoms with van der Waals surface area (Å²) in [6, 6.07) is 3.90. The molecule has 0 amide bonds. The van der Waals surface area contributed by atoms with Crippen LogP contribution in [-0.4, -0.2) is 31.3 Å². The largest absolute Gasteiger partial charge is 0.490 e. The summed E-state index contributed by atoms with van der Waals surface area (Å²) >= 11 is 0. The molecule has 0 heterocycles. The molecule has 3 N–H and O–H groups in total. The highest BCUT2D eigenvalue weighted by Crippen LogP contribution is 2.30. The summed E-state index contributed by atoms with van der Waals surface area (Å²) in [5.41, 5.74) is 4.55. The fourth-order valence-electron chi connectivity index (χ4n) is 1.63. The number of rotatable bonds is 8. The third kappa shape index (κ3) is 8.73. The van der Waals surface area contributed by atoms with Gasteiger partial charge in [-0.3, -0.25) is 0 Å². The minimum absolute atomic E-state index is 0.0606. The molecule has 0 saturated carbocycles. The van der Waals surface area contributed by atoms with Crippen LogP contribution in [-0.2, 0) is 0 Å². The topological polar surface area (TPSA) is 68.3 Å². The minimum Gasteiger partial charge on any atom is -0.490 e. The molecular formula is C18H26F4N2O2. The van der Waals surface area contributed by atoms with E-state index in [0.29, 0.717) is 0 Å². The van der Waals surface area contributed by atoms with Crippen molar-refractivity contribution in [3.63, 3.8) is 0 Å². The van der Waals surface area contributed by atoms with Crippen LogP contribution in [0.5, 0.6) is 11.5 Å². The molecule has 1 rings (SSSR count). The Bertz CT molecular complexity index is 599. The van der Waals surface area contributed by atoms with Gasteiger partial charge in [0.25, 0.3) is 0 Å². The molecule has 148 valence electrons. The number of halogens is 4. The second-order valence-electron chi connectivity index (χ2n) is 5.41. The first-order valence-electron chi connectivity index (χ1n) is 8.20. The third-order valence-corrected chi connectivity index (χ3v) is 3.19. The standard InChI is InChI=1S/C16H20F4N2O2.C2H6/c1-3-15(2,17)9-24-14-5-4-11(23-10-16(18,19)20)8-12(14)13(22)6-7-21;1-2/h4-8,21H,3,9-10,22H2,1-2H3;1-2H3/b13-6-,21-7?;. The van der Waals surface area contributed by atoms with Crippen LogP contribution in [0.4, 0.5) is 17.6 Å². The van der Waals surface area contributed by atoms with Crippen molar-refractivity contribution in [3.8, 4) is 11.5 Å². The Balaban J connectivity index is 0.00000301. The highest BCUT2D eigenvalue weighted by Gasteiger charge is 2.28. The van der Waals surface area contributed by atoms with Crippen LogP contribution in [0.15, 0.2) is 24.3 Å². The molecule has 0 radical (unpaired) electrons. The van der Waals surface area contributed by atoms with Crippen LogP contribution in [0, 0.1) is 5.41 Å². The van der Waals surface area contributed by atoms with E-state index in [4.69, 9.17) is 15.9 Å². The van der Waals surface area contributed by atoms with Gasteiger partial charge in [-0.25, -0.2) is 4.39 Å². The van der Waals surface area contributed by atoms with E-state index in [9.17, 15) is 17.6 Å². The molecule has 4 nitrogen and oxygen atoms in total. The fourth-order valence-corrected chi connectivity index (χ4v) is 1.63. The van der Waals surface area contributed by atoms with Gasteiger partial charge in [0, 0.05) is 17.5 Å². The predicted molar refractivity (Wildman–Crippen MR) is 95.6 cm³/mol. The van der Waals surface area contributed by atoms with Crippen molar-refractivity contribution in [1.29, 1.82) is 5.41 Å². The lowest BCUT2D eigenvalue weighted by atomic mass is 10.1. The molecule has 26 heavy (non-hydrogen) atoms. The van der Waals surface area contributed by atoms with E-state index in [1.807, 2.05) is 13.8 Å². The second kappa shape index (κ2) is 10.7. The Morgan fingerprint density at radius 2 is 1.77 bits per heavy atom. The highest BCUT2D eigenvalue weighted by atomic mass is 19.4. The Labute approximate surface area is 151 Å². The van der Waals surface area contributed by atoms with Crippen molar-refractivity contribution in [2.75, 3.05) is 13.2 Å². The van der Waals surface area contributed by atoms with Gasteiger partial charge in [-0.05, 0) is 37.6 Å². The van der Waals surface area contributed by atoms with Crippen LogP contribution >= 0.6 is 0 Å². The lowest BCUT2D eigenvalue weighted by Crippen LogP contribution is -2.26. The number of nitrogens with two attached hydrogens (primary N) is 1. The van der Waals surface area contributed by atoms with E-state index in [-0.39, 0.29) is 35.8 Å². The first kappa shape index (κ1) is 23.8. The second-order valence-corrected chi connectivity index (χ2v) is 5.41. The zero-order valence-corrected chi connectivity index (χ0v) is 15.4. The smallest absolute Gasteiger partial charge is 0.422 e. The average molecular weight is 378 g/mol. The molecular weight excluding hydrogens is 352 g/mol. The number of benzene rings is 1. The van der Waals surface area contributed by atoms with E-state index >= 15 is 0 Å². The lowest BCUT2D eigenvalue weighted by Gasteiger charge is -2.20. The number of hydrogen-bond acceptors (Lipinski definition) is 4. The molecule has 1 unspecified atom stereocenters. The van der Waals surface area contributed by atoms with Crippen molar-refractivity contribution in [3.05, 3.63) is 29.8 Å². The zero-order valence-electron chi connectivity index (χ0n) is 15.4. The first-order valence-corrected chi connectivity index (χ1v) is 8.20. The lowest BCUT2D eigenvalue weighted by molar-refractivity contribution is -0.153. The molecule has 0 saturated heterocycles. The molecule has 1 aromatic rings. The maximum Gasteiger partial charge on any atom is 0.422 e. The highest BCUT2D eigenvalue weighted by molar-refractivity contribution is 5.83. The molecule has 1 aromatic carbocycles. The SMILES string of the molecule is CC.CCC(C)(F)COc1ccc(OCC(F)(F)F)cc1/C(N)=C/C=N. The quantitative estimate of drug-likeness (QED) is 0.487. The van der Waals surface area contributed by atoms with Crippen LogP contribution in [0.25, 0.3) is 5.70 Å². The monoisotopic (exact) mass is 378 g/mol. The third-order valence-electron chi connectivity index (χ3n) is 3.19. The molecule has 0 spiro atoms. The number of allylic oxidation sites excluding steroid dienone is 1. The van der Waals surface area contributed by atoms with Gasteiger partial charge in [-0.1, -0.05) is 20.8 Å². The van der Waals surface area contributed by atoms with Crippen LogP contribution in [0.2, 0.25) is 0 Å². The van der Waals surface area contributed by atoms with Crippen molar-refractivity contribution in [2.45, 2.75) is 46.0 Å². The predicted octanol–water partition coefficient (Wildman–Crippen LogP) is 5.12. The Morgan fingerprint density at radius 3 is 2.27 bits per heavy atom. The van der Waals surface area contributed by atoms with Crippen molar-refractivity contribution >= 4 is 11.9 Å². The summed E-state index contributed by atoms with van der Waals surface area (Å²) in [5, 5.41) is 7.04. The molecule has 0 fully saturated rings. The van der Waals surface area contributed by atoms with Gasteiger partial charge >= 0.3 is 6.18 Å². The minimum atomic E-state index is -4.47. The van der Waals surface area contributed by atoms with Crippen molar-refractivity contribution in [2.24, 2.45) is 5.73 Å². The van der Waals surface area contributed by atoms with E-state index in [1.54, 1.807) is 6.92 Å². The number of alkyl halides is 4. The van der Waals surface area contributed by atoms with Crippen molar-refractivity contribution in [1.82, 2.24) is 0 Å². The van der Waals surface area contributed by atoms with E-state index in [0.717, 1.165) is 6.21 Å². The van der Waals surface area contributed by atoms with E-state index in [2.05, 4.69) is 4.74 Å². The summed E-state index contributed by atoms with van der Waals surface area (Å²) < 4.78 is 60.7. The average Bonchev–Trinajstić information content (AvgIpc) is 2.60. The van der Waals surface area contributed by atoms with Gasteiger partial charge in [0.2, 0.25) is 0 Å². The number of hydrogen-bond donors (Lipinski definition) is 2. The van der Waals surface area contributed by atoms with Crippen LogP contribution < -0.4 is 15.2 Å². The summed E-state index contributed by atoms with van der Waals surface area (Å²) in [6.07, 6.45) is -2.07. The number of nitrogens with one attached hydrogen (secondary N) is 1. The molecule has 0 aromatic heterocycles. The summed E-state index contributed by atoms with van der Waals surface area (Å²) in [7, 11) is 0. The van der Waals surface area contributed by atoms with Gasteiger partial charge in [-0.2, -0.15) is 13.2 Å². The summed E-state index contributed by atoms with van der Waals surface area (Å²) in [4.78, 5) is 0. The van der Waals surface area contributed by atoms with E-state index in [1.165, 1.54) is 31.2 Å². The zero-order chi connectivity index (χ0) is 20.4. The molecule has 1 atom stereocenters. The molecule has 0 aliphatic heterocycles. The molecule has 8 heteroatoms. The summed E-state index contributed by atoms with van der Waals surface area (Å²) in [6.45, 7) is 5.36. The maximum atomic E-state index is 14.0. The molecule has 0 bridgehead atoms. The molecule has 0 aliphatic rings. The van der Waals surface area contributed by atoms with Gasteiger partial charge in [0.05, 0.1) is 0 Å². The van der Waals surface area contributed by atoms with Crippen LogP contribution in [0.3, 0.4) is 0 Å². The normalized spacial score (nSPS) is 13.9. The first-order chi connectivity index (χ1) is 12.1. The summed E-state index contributed by atoms with van der Waals surface area (Å²) in [5.74, 6) is 0.136. The Morgan fingerprint density at radius 1 is 1.15 bits per heavy atom. The van der Waals surface area contributed by atoms with Gasteiger partial charge in [0.15, 0.2) is 6.61 Å². The maximum absolute atomic E-state index is 14.0. The van der Waals surface area contributed by atoms with E-state index < -0.39 is 18.5 Å². The van der Waals surface area contributed by atoms with Crippen molar-refractivity contribution < 1.29 is 27.0 Å². The van der Waals surface area contributed by atoms with Crippen LogP contribution in [0.1, 0.15) is 39.7 Å². The van der Waals surface area contributed by atoms with Gasteiger partial charge in [-0.15, -0.1) is 0 Å². The Hall–Kier alpha value is -2.25. The van der Waals surface area contributed by atoms with Gasteiger partial charge < -0.3 is 20.6 Å². The Kier molecular flexibility index (Phi) is 9.75. The molecule has 0 aliphatic carbocycles.